The van der Waals surface area contributed by atoms with Gasteiger partial charge in [0, 0.05) is 80.8 Å². The molecule has 2 saturated heterocycles. The molecular formula is C42H37F3N8O4. The van der Waals surface area contributed by atoms with Crippen LogP contribution in [-0.2, 0) is 35.4 Å². The molecule has 8 rings (SSSR count). The highest BCUT2D eigenvalue weighted by atomic mass is 19.4. The van der Waals surface area contributed by atoms with Crippen LogP contribution in [0.15, 0.2) is 79.1 Å². The van der Waals surface area contributed by atoms with E-state index in [1.165, 1.54) is 17.0 Å². The van der Waals surface area contributed by atoms with E-state index >= 15 is 0 Å². The number of aryl methyl sites for hydroxylation is 1. The molecule has 0 spiro atoms. The van der Waals surface area contributed by atoms with E-state index < -0.39 is 29.6 Å². The Labute approximate surface area is 325 Å². The molecule has 3 aliphatic rings. The van der Waals surface area contributed by atoms with Crippen molar-refractivity contribution in [3.63, 3.8) is 0 Å². The molecule has 1 unspecified atom stereocenters. The number of rotatable bonds is 7. The van der Waals surface area contributed by atoms with Crippen LogP contribution in [0.3, 0.4) is 0 Å². The number of anilines is 1. The number of carbonyl (C=O) groups excluding carboxylic acids is 4. The fraction of sp³-hybridized carbons (Fsp3) is 0.286. The number of amides is 4. The molecule has 4 amide bonds. The largest absolute Gasteiger partial charge is 0.416 e. The number of nitrogens with one attached hydrogen (secondary N) is 2. The summed E-state index contributed by atoms with van der Waals surface area (Å²) in [7, 11) is 0. The first-order valence-corrected chi connectivity index (χ1v) is 18.5. The molecule has 5 heterocycles. The van der Waals surface area contributed by atoms with Gasteiger partial charge in [0.15, 0.2) is 5.65 Å². The number of imidazole rings is 1. The van der Waals surface area contributed by atoms with Gasteiger partial charge in [-0.2, -0.15) is 18.3 Å². The second-order valence-corrected chi connectivity index (χ2v) is 14.5. The first-order valence-electron chi connectivity index (χ1n) is 18.5. The lowest BCUT2D eigenvalue weighted by atomic mass is 10.0. The summed E-state index contributed by atoms with van der Waals surface area (Å²) in [5.41, 5.74) is 4.58. The molecule has 0 radical (unpaired) electrons. The number of fused-ring (bicyclic) bond motifs is 2. The van der Waals surface area contributed by atoms with Crippen molar-refractivity contribution in [3.05, 3.63) is 129 Å². The number of carbonyl (C=O) groups is 4. The van der Waals surface area contributed by atoms with Gasteiger partial charge in [0.1, 0.15) is 11.7 Å². The quantitative estimate of drug-likeness (QED) is 0.179. The summed E-state index contributed by atoms with van der Waals surface area (Å²) in [5.74, 6) is 4.52. The third-order valence-corrected chi connectivity index (χ3v) is 10.6. The van der Waals surface area contributed by atoms with E-state index in [1.54, 1.807) is 53.3 Å². The van der Waals surface area contributed by atoms with Crippen molar-refractivity contribution in [1.29, 1.82) is 0 Å². The molecule has 12 nitrogen and oxygen atoms in total. The summed E-state index contributed by atoms with van der Waals surface area (Å²) in [6.45, 7) is 5.20. The van der Waals surface area contributed by atoms with Crippen LogP contribution in [0.25, 0.3) is 5.65 Å². The van der Waals surface area contributed by atoms with Crippen LogP contribution in [0.1, 0.15) is 72.6 Å². The summed E-state index contributed by atoms with van der Waals surface area (Å²) in [4.78, 5) is 60.3. The molecule has 3 aromatic carbocycles. The van der Waals surface area contributed by atoms with E-state index in [1.807, 2.05) is 24.0 Å². The van der Waals surface area contributed by atoms with E-state index in [-0.39, 0.29) is 48.1 Å². The van der Waals surface area contributed by atoms with Gasteiger partial charge in [-0.1, -0.05) is 30.2 Å². The number of piperazine rings is 1. The Balaban J connectivity index is 0.882. The first kappa shape index (κ1) is 37.5. The van der Waals surface area contributed by atoms with Gasteiger partial charge < -0.3 is 10.2 Å². The van der Waals surface area contributed by atoms with E-state index in [0.717, 1.165) is 22.8 Å². The van der Waals surface area contributed by atoms with Crippen LogP contribution < -0.4 is 10.6 Å². The maximum Gasteiger partial charge on any atom is 0.416 e. The summed E-state index contributed by atoms with van der Waals surface area (Å²) in [5, 5.41) is 9.20. The van der Waals surface area contributed by atoms with Gasteiger partial charge >= 0.3 is 6.18 Å². The molecule has 2 aromatic heterocycles. The highest BCUT2D eigenvalue weighted by molar-refractivity contribution is 6.06. The normalized spacial score (nSPS) is 17.6. The fourth-order valence-corrected chi connectivity index (χ4v) is 7.53. The minimum Gasteiger partial charge on any atom is -0.322 e. The zero-order chi connectivity index (χ0) is 39.8. The molecule has 0 saturated carbocycles. The molecule has 0 bridgehead atoms. The highest BCUT2D eigenvalue weighted by Crippen LogP contribution is 2.35. The van der Waals surface area contributed by atoms with Crippen molar-refractivity contribution in [1.82, 2.24) is 34.6 Å². The number of hydrogen-bond donors (Lipinski definition) is 2. The zero-order valence-electron chi connectivity index (χ0n) is 30.9. The predicted octanol–water partition coefficient (Wildman–Crippen LogP) is 4.79. The Hall–Kier alpha value is -6.37. The number of alkyl halides is 3. The molecule has 2 N–H and O–H groups in total. The van der Waals surface area contributed by atoms with E-state index in [2.05, 4.69) is 37.5 Å². The average molecular weight is 775 g/mol. The molecular weight excluding hydrogens is 738 g/mol. The van der Waals surface area contributed by atoms with Crippen molar-refractivity contribution in [2.45, 2.75) is 51.6 Å². The van der Waals surface area contributed by atoms with Gasteiger partial charge in [0.2, 0.25) is 11.8 Å². The maximum absolute atomic E-state index is 14.4. The molecule has 57 heavy (non-hydrogen) atoms. The first-order chi connectivity index (χ1) is 27.4. The minimum atomic E-state index is -4.64. The van der Waals surface area contributed by atoms with Crippen molar-refractivity contribution in [2.75, 3.05) is 31.5 Å². The number of benzene rings is 3. The van der Waals surface area contributed by atoms with Gasteiger partial charge in [-0.05, 0) is 84.0 Å². The lowest BCUT2D eigenvalue weighted by Gasteiger charge is -2.35. The molecule has 5 aromatic rings. The molecule has 15 heteroatoms. The molecule has 2 fully saturated rings. The maximum atomic E-state index is 14.4. The van der Waals surface area contributed by atoms with Gasteiger partial charge in [-0.25, -0.2) is 9.50 Å². The van der Waals surface area contributed by atoms with Gasteiger partial charge in [0.25, 0.3) is 11.8 Å². The van der Waals surface area contributed by atoms with Crippen LogP contribution >= 0.6 is 0 Å². The Kier molecular flexibility index (Phi) is 10.1. The molecule has 0 aliphatic carbocycles. The topological polar surface area (TPSA) is 132 Å². The third kappa shape index (κ3) is 8.00. The zero-order valence-corrected chi connectivity index (χ0v) is 30.9. The van der Waals surface area contributed by atoms with Crippen LogP contribution in [0.2, 0.25) is 0 Å². The summed E-state index contributed by atoms with van der Waals surface area (Å²) < 4.78 is 44.8. The molecule has 3 aliphatic heterocycles. The highest BCUT2D eigenvalue weighted by Gasteiger charge is 2.39. The molecule has 1 atom stereocenters. The summed E-state index contributed by atoms with van der Waals surface area (Å²) in [6, 6.07) is 17.4. The monoisotopic (exact) mass is 774 g/mol. The lowest BCUT2D eigenvalue weighted by molar-refractivity contribution is -0.139. The van der Waals surface area contributed by atoms with Crippen molar-refractivity contribution in [3.8, 4) is 11.8 Å². The van der Waals surface area contributed by atoms with Gasteiger partial charge in [-0.3, -0.25) is 34.3 Å². The van der Waals surface area contributed by atoms with Crippen LogP contribution in [0, 0.1) is 18.8 Å². The Morgan fingerprint density at radius 3 is 2.51 bits per heavy atom. The Morgan fingerprint density at radius 2 is 1.74 bits per heavy atom. The van der Waals surface area contributed by atoms with E-state index in [9.17, 15) is 32.3 Å². The van der Waals surface area contributed by atoms with Crippen molar-refractivity contribution < 1.29 is 32.3 Å². The number of imide groups is 1. The SMILES string of the molecule is Cc1ccc(C(=O)Nc2ccc(CN3CCN(Cc4ccc5c(c4)CN(C4CCC(=O)NC4=O)C5=O)CC3)c(C(F)(F)F)c2)cc1C#Cc1cnc2cccnn12. The molecule has 290 valence electrons. The lowest BCUT2D eigenvalue weighted by Crippen LogP contribution is -2.52. The van der Waals surface area contributed by atoms with Crippen molar-refractivity contribution in [2.24, 2.45) is 0 Å². The van der Waals surface area contributed by atoms with Crippen LogP contribution in [0.4, 0.5) is 18.9 Å². The number of halogens is 3. The Morgan fingerprint density at radius 1 is 0.947 bits per heavy atom. The van der Waals surface area contributed by atoms with Crippen LogP contribution in [-0.4, -0.2) is 85.1 Å². The summed E-state index contributed by atoms with van der Waals surface area (Å²) >= 11 is 0. The summed E-state index contributed by atoms with van der Waals surface area (Å²) in [6.07, 6.45) is -0.924. The smallest absolute Gasteiger partial charge is 0.322 e. The van der Waals surface area contributed by atoms with E-state index in [0.29, 0.717) is 61.6 Å². The minimum absolute atomic E-state index is 0.0298. The second kappa shape index (κ2) is 15.3. The average Bonchev–Trinajstić information content (AvgIpc) is 3.75. The fourth-order valence-electron chi connectivity index (χ4n) is 7.53. The number of aromatic nitrogens is 3. The standard InChI is InChI=1S/C42H37F3N8O4/c1-26-4-6-29(20-28(26)8-10-33-22-46-37-3-2-14-47-53(33)37)39(55)48-32-9-7-30(35(21-32)42(43,44)45)24-51-17-15-50(16-18-51)23-27-5-11-34-31(19-27)25-52(41(34)57)36-12-13-38(54)49-40(36)56/h2-7,9,11,14,19-22,36H,12-13,15-18,23-25H2,1H3,(H,48,55)(H,49,54,56). The van der Waals surface area contributed by atoms with Crippen LogP contribution in [0.5, 0.6) is 0 Å². The Bertz CT molecular complexity index is 2500. The van der Waals surface area contributed by atoms with Gasteiger partial charge in [0.05, 0.1) is 11.8 Å². The second-order valence-electron chi connectivity index (χ2n) is 14.5. The van der Waals surface area contributed by atoms with Crippen molar-refractivity contribution >= 4 is 35.0 Å². The van der Waals surface area contributed by atoms with E-state index in [4.69, 9.17) is 0 Å². The number of piperidine rings is 1. The number of hydrogen-bond acceptors (Lipinski definition) is 8. The predicted molar refractivity (Wildman–Crippen MR) is 203 cm³/mol. The van der Waals surface area contributed by atoms with Gasteiger partial charge in [-0.15, -0.1) is 0 Å². The third-order valence-electron chi connectivity index (χ3n) is 10.6. The number of nitrogens with zero attached hydrogens (tertiary/aromatic N) is 6.